The maximum Gasteiger partial charge on any atom is 0.246 e. The number of fused-ring (bicyclic) bond motifs is 2. The Balaban J connectivity index is 0.00000196. The van der Waals surface area contributed by atoms with E-state index in [-0.39, 0.29) is 31.1 Å². The molecule has 0 saturated heterocycles. The third kappa shape index (κ3) is 3.24. The van der Waals surface area contributed by atoms with Gasteiger partial charge in [0.05, 0.1) is 0 Å². The second kappa shape index (κ2) is 7.33. The minimum Gasteiger partial charge on any atom is -0.454 e. The molecule has 1 unspecified atom stereocenters. The summed E-state index contributed by atoms with van der Waals surface area (Å²) < 4.78 is 10.7. The number of nitrogen functional groups attached to an aromatic ring is 1. The van der Waals surface area contributed by atoms with Crippen molar-refractivity contribution in [3.8, 4) is 11.5 Å². The Labute approximate surface area is 158 Å². The number of amides is 1. The molecule has 1 amide bonds. The molecule has 138 valence electrons. The first-order valence-electron chi connectivity index (χ1n) is 8.48. The molecule has 0 fully saturated rings. The van der Waals surface area contributed by atoms with E-state index >= 15 is 0 Å². The van der Waals surface area contributed by atoms with E-state index in [0.29, 0.717) is 17.2 Å². The number of ether oxygens (including phenoxy) is 2. The van der Waals surface area contributed by atoms with Crippen LogP contribution in [0.15, 0.2) is 36.4 Å². The fraction of sp³-hybridized carbons (Fsp3) is 0.316. The van der Waals surface area contributed by atoms with Gasteiger partial charge < -0.3 is 25.4 Å². The van der Waals surface area contributed by atoms with Crippen LogP contribution in [0.1, 0.15) is 18.9 Å². The zero-order chi connectivity index (χ0) is 17.4. The first kappa shape index (κ1) is 18.2. The van der Waals surface area contributed by atoms with Gasteiger partial charge in [0.1, 0.15) is 6.04 Å². The first-order chi connectivity index (χ1) is 12.1. The van der Waals surface area contributed by atoms with Gasteiger partial charge in [0.25, 0.3) is 0 Å². The average Bonchev–Trinajstić information content (AvgIpc) is 3.09. The van der Waals surface area contributed by atoms with Crippen molar-refractivity contribution >= 4 is 35.4 Å². The number of nitrogens with one attached hydrogen (secondary N) is 1. The van der Waals surface area contributed by atoms with E-state index in [1.165, 1.54) is 0 Å². The van der Waals surface area contributed by atoms with Crippen LogP contribution in [0.2, 0.25) is 0 Å². The van der Waals surface area contributed by atoms with Gasteiger partial charge in [-0.3, -0.25) is 4.79 Å². The summed E-state index contributed by atoms with van der Waals surface area (Å²) in [5, 5.41) is 2.97. The van der Waals surface area contributed by atoms with Crippen LogP contribution in [0.5, 0.6) is 11.5 Å². The van der Waals surface area contributed by atoms with Crippen molar-refractivity contribution in [2.45, 2.75) is 25.8 Å². The highest BCUT2D eigenvalue weighted by Crippen LogP contribution is 2.35. The molecule has 26 heavy (non-hydrogen) atoms. The number of nitrogens with two attached hydrogens (primary N) is 1. The highest BCUT2D eigenvalue weighted by molar-refractivity contribution is 5.97. The molecule has 4 rings (SSSR count). The van der Waals surface area contributed by atoms with Gasteiger partial charge >= 0.3 is 0 Å². The maximum absolute atomic E-state index is 12.8. The summed E-state index contributed by atoms with van der Waals surface area (Å²) in [4.78, 5) is 14.9. The summed E-state index contributed by atoms with van der Waals surface area (Å²) in [7, 11) is 0. The maximum atomic E-state index is 12.8. The van der Waals surface area contributed by atoms with E-state index in [4.69, 9.17) is 15.2 Å². The summed E-state index contributed by atoms with van der Waals surface area (Å²) in [6, 6.07) is 11.0. The monoisotopic (exact) mass is 375 g/mol. The van der Waals surface area contributed by atoms with Crippen LogP contribution in [0, 0.1) is 0 Å². The van der Waals surface area contributed by atoms with Crippen LogP contribution < -0.4 is 25.4 Å². The molecule has 0 radical (unpaired) electrons. The number of hydrogen-bond donors (Lipinski definition) is 2. The van der Waals surface area contributed by atoms with E-state index in [1.54, 1.807) is 12.1 Å². The quantitative estimate of drug-likeness (QED) is 0.805. The predicted octanol–water partition coefficient (Wildman–Crippen LogP) is 3.20. The Morgan fingerprint density at radius 1 is 1.23 bits per heavy atom. The molecule has 2 aromatic rings. The lowest BCUT2D eigenvalue weighted by atomic mass is 9.98. The summed E-state index contributed by atoms with van der Waals surface area (Å²) in [6.07, 6.45) is 1.94. The van der Waals surface area contributed by atoms with E-state index in [0.717, 1.165) is 36.3 Å². The first-order valence-corrected chi connectivity index (χ1v) is 8.48. The zero-order valence-corrected chi connectivity index (χ0v) is 15.3. The van der Waals surface area contributed by atoms with Crippen molar-refractivity contribution < 1.29 is 14.3 Å². The minimum absolute atomic E-state index is 0. The Bertz CT molecular complexity index is 828. The lowest BCUT2D eigenvalue weighted by molar-refractivity contribution is -0.117. The fourth-order valence-corrected chi connectivity index (χ4v) is 3.44. The van der Waals surface area contributed by atoms with Crippen LogP contribution in [-0.2, 0) is 11.2 Å². The molecular formula is C19H22ClN3O3. The van der Waals surface area contributed by atoms with Gasteiger partial charge in [-0.1, -0.05) is 6.07 Å². The highest BCUT2D eigenvalue weighted by Gasteiger charge is 2.27. The Hall–Kier alpha value is -2.60. The molecule has 2 aromatic carbocycles. The molecule has 2 aliphatic heterocycles. The molecule has 6 nitrogen and oxygen atoms in total. The van der Waals surface area contributed by atoms with Crippen LogP contribution >= 0.6 is 12.4 Å². The summed E-state index contributed by atoms with van der Waals surface area (Å²) in [5.41, 5.74) is 9.79. The van der Waals surface area contributed by atoms with Crippen molar-refractivity contribution in [2.75, 3.05) is 29.3 Å². The van der Waals surface area contributed by atoms with Crippen molar-refractivity contribution in [3.63, 3.8) is 0 Å². The van der Waals surface area contributed by atoms with Crippen LogP contribution in [-0.4, -0.2) is 25.3 Å². The molecule has 0 spiro atoms. The zero-order valence-electron chi connectivity index (χ0n) is 14.5. The highest BCUT2D eigenvalue weighted by atomic mass is 35.5. The fourth-order valence-electron chi connectivity index (χ4n) is 3.44. The van der Waals surface area contributed by atoms with E-state index in [1.807, 2.05) is 31.2 Å². The van der Waals surface area contributed by atoms with Crippen molar-refractivity contribution in [3.05, 3.63) is 42.0 Å². The number of benzene rings is 2. The normalized spacial score (nSPS) is 15.7. The summed E-state index contributed by atoms with van der Waals surface area (Å²) in [6.45, 7) is 2.97. The second-order valence-corrected chi connectivity index (χ2v) is 6.38. The number of carbonyl (C=O) groups is 1. The van der Waals surface area contributed by atoms with E-state index < -0.39 is 0 Å². The molecule has 2 aliphatic rings. The molecular weight excluding hydrogens is 354 g/mol. The van der Waals surface area contributed by atoms with Crippen molar-refractivity contribution in [1.29, 1.82) is 0 Å². The minimum atomic E-state index is -0.300. The van der Waals surface area contributed by atoms with Gasteiger partial charge in [-0.25, -0.2) is 0 Å². The molecule has 1 atom stereocenters. The van der Waals surface area contributed by atoms with E-state index in [2.05, 4.69) is 10.2 Å². The van der Waals surface area contributed by atoms with Gasteiger partial charge in [0.2, 0.25) is 12.7 Å². The number of nitrogens with zero attached hydrogens (tertiary/aromatic N) is 1. The summed E-state index contributed by atoms with van der Waals surface area (Å²) in [5.74, 6) is 1.29. The molecule has 0 aromatic heterocycles. The Kier molecular flexibility index (Phi) is 5.13. The van der Waals surface area contributed by atoms with Gasteiger partial charge in [0.15, 0.2) is 11.5 Å². The number of rotatable bonds is 3. The third-order valence-corrected chi connectivity index (χ3v) is 4.81. The lowest BCUT2D eigenvalue weighted by Crippen LogP contribution is -2.44. The van der Waals surface area contributed by atoms with Crippen molar-refractivity contribution in [1.82, 2.24) is 0 Å². The Morgan fingerprint density at radius 3 is 2.88 bits per heavy atom. The standard InChI is InChI=1S/C19H21N3O3.ClH/c1-12(22-9-3-4-14-15(20)5-2-6-16(14)22)19(23)21-13-7-8-17-18(10-13)25-11-24-17;/h2,5-8,10,12H,3-4,9,11,20H2,1H3,(H,21,23);1H. The largest absolute Gasteiger partial charge is 0.454 e. The number of halogens is 1. The molecule has 3 N–H and O–H groups in total. The van der Waals surface area contributed by atoms with Crippen LogP contribution in [0.3, 0.4) is 0 Å². The molecule has 2 heterocycles. The van der Waals surface area contributed by atoms with Gasteiger partial charge in [-0.15, -0.1) is 12.4 Å². The number of carbonyl (C=O) groups excluding carboxylic acids is 1. The number of anilines is 3. The summed E-state index contributed by atoms with van der Waals surface area (Å²) >= 11 is 0. The Morgan fingerprint density at radius 2 is 2.04 bits per heavy atom. The topological polar surface area (TPSA) is 76.8 Å². The molecule has 0 bridgehead atoms. The smallest absolute Gasteiger partial charge is 0.246 e. The van der Waals surface area contributed by atoms with Crippen LogP contribution in [0.4, 0.5) is 17.1 Å². The number of hydrogen-bond acceptors (Lipinski definition) is 5. The van der Waals surface area contributed by atoms with Gasteiger partial charge in [-0.2, -0.15) is 0 Å². The molecule has 0 saturated carbocycles. The third-order valence-electron chi connectivity index (χ3n) is 4.81. The average molecular weight is 376 g/mol. The van der Waals surface area contributed by atoms with Crippen LogP contribution in [0.25, 0.3) is 0 Å². The van der Waals surface area contributed by atoms with E-state index in [9.17, 15) is 4.79 Å². The van der Waals surface area contributed by atoms with Crippen molar-refractivity contribution in [2.24, 2.45) is 0 Å². The SMILES string of the molecule is CC(C(=O)Nc1ccc2c(c1)OCO2)N1CCCc2c(N)cccc21.Cl. The predicted molar refractivity (Wildman–Crippen MR) is 104 cm³/mol. The van der Waals surface area contributed by atoms with Gasteiger partial charge in [0, 0.05) is 29.7 Å². The lowest BCUT2D eigenvalue weighted by Gasteiger charge is -2.36. The second-order valence-electron chi connectivity index (χ2n) is 6.38. The molecule has 0 aliphatic carbocycles. The molecule has 7 heteroatoms. The van der Waals surface area contributed by atoms with Gasteiger partial charge in [-0.05, 0) is 49.6 Å².